The van der Waals surface area contributed by atoms with Crippen LogP contribution in [0.15, 0.2) is 54.6 Å². The molecule has 120 valence electrons. The second-order valence-corrected chi connectivity index (χ2v) is 5.10. The standard InChI is InChI=1S/C18H19NO4/c20-17(11-4-8-14-6-2-1-3-7-14)19-15-9-5-10-16(12-15)23-13-18(21)22/h1-3,5-7,9-10,12H,4,8,11,13H2,(H,19,20)(H,21,22). The molecular weight excluding hydrogens is 294 g/mol. The van der Waals surface area contributed by atoms with Crippen LogP contribution in [0.2, 0.25) is 0 Å². The van der Waals surface area contributed by atoms with Gasteiger partial charge in [-0.2, -0.15) is 0 Å². The van der Waals surface area contributed by atoms with Crippen LogP contribution in [0.3, 0.4) is 0 Å². The van der Waals surface area contributed by atoms with Crippen LogP contribution in [-0.4, -0.2) is 23.6 Å². The highest BCUT2D eigenvalue weighted by Crippen LogP contribution is 2.17. The van der Waals surface area contributed by atoms with E-state index in [9.17, 15) is 9.59 Å². The molecule has 0 atom stereocenters. The molecule has 2 N–H and O–H groups in total. The Kier molecular flexibility index (Phi) is 6.17. The Hall–Kier alpha value is -2.82. The Balaban J connectivity index is 1.78. The number of aryl methyl sites for hydroxylation is 1. The average molecular weight is 313 g/mol. The molecule has 2 aromatic rings. The Morgan fingerprint density at radius 3 is 2.57 bits per heavy atom. The number of carbonyl (C=O) groups is 2. The van der Waals surface area contributed by atoms with Crippen molar-refractivity contribution < 1.29 is 19.4 Å². The van der Waals surface area contributed by atoms with Gasteiger partial charge in [-0.1, -0.05) is 36.4 Å². The number of rotatable bonds is 8. The lowest BCUT2D eigenvalue weighted by molar-refractivity contribution is -0.139. The smallest absolute Gasteiger partial charge is 0.341 e. The summed E-state index contributed by atoms with van der Waals surface area (Å²) in [7, 11) is 0. The van der Waals surface area contributed by atoms with Gasteiger partial charge in [0, 0.05) is 18.2 Å². The molecule has 0 saturated carbocycles. The number of anilines is 1. The first-order chi connectivity index (χ1) is 11.1. The second kappa shape index (κ2) is 8.58. The van der Waals surface area contributed by atoms with Gasteiger partial charge in [0.1, 0.15) is 5.75 Å². The molecule has 0 spiro atoms. The van der Waals surface area contributed by atoms with E-state index in [1.54, 1.807) is 24.3 Å². The Morgan fingerprint density at radius 2 is 1.83 bits per heavy atom. The molecule has 0 aliphatic heterocycles. The van der Waals surface area contributed by atoms with Crippen molar-refractivity contribution in [3.05, 3.63) is 60.2 Å². The van der Waals surface area contributed by atoms with Crippen molar-refractivity contribution in [2.24, 2.45) is 0 Å². The minimum Gasteiger partial charge on any atom is -0.482 e. The molecule has 0 fully saturated rings. The Bertz CT molecular complexity index is 655. The summed E-state index contributed by atoms with van der Waals surface area (Å²) in [6, 6.07) is 16.7. The van der Waals surface area contributed by atoms with Gasteiger partial charge in [-0.25, -0.2) is 4.79 Å². The van der Waals surface area contributed by atoms with Crippen LogP contribution in [0, 0.1) is 0 Å². The number of hydrogen-bond acceptors (Lipinski definition) is 3. The number of benzene rings is 2. The topological polar surface area (TPSA) is 75.6 Å². The van der Waals surface area contributed by atoms with Gasteiger partial charge in [0.25, 0.3) is 0 Å². The quantitative estimate of drug-likeness (QED) is 0.785. The van der Waals surface area contributed by atoms with Gasteiger partial charge in [0.15, 0.2) is 6.61 Å². The Labute approximate surface area is 134 Å². The van der Waals surface area contributed by atoms with Crippen molar-refractivity contribution >= 4 is 17.6 Å². The summed E-state index contributed by atoms with van der Waals surface area (Å²) in [5.41, 5.74) is 1.81. The molecule has 2 aromatic carbocycles. The molecule has 2 rings (SSSR count). The second-order valence-electron chi connectivity index (χ2n) is 5.10. The lowest BCUT2D eigenvalue weighted by Crippen LogP contribution is -2.12. The number of carboxylic acid groups (broad SMARTS) is 1. The van der Waals surface area contributed by atoms with Crippen LogP contribution in [-0.2, 0) is 16.0 Å². The van der Waals surface area contributed by atoms with Crippen molar-refractivity contribution in [1.82, 2.24) is 0 Å². The maximum atomic E-state index is 11.9. The SMILES string of the molecule is O=C(O)COc1cccc(NC(=O)CCCc2ccccc2)c1. The highest BCUT2D eigenvalue weighted by atomic mass is 16.5. The summed E-state index contributed by atoms with van der Waals surface area (Å²) in [5, 5.41) is 11.4. The molecule has 23 heavy (non-hydrogen) atoms. The molecule has 5 heteroatoms. The van der Waals surface area contributed by atoms with E-state index in [4.69, 9.17) is 9.84 Å². The summed E-state index contributed by atoms with van der Waals surface area (Å²) in [6.45, 7) is -0.408. The number of carboxylic acids is 1. The summed E-state index contributed by atoms with van der Waals surface area (Å²) in [6.07, 6.45) is 2.05. The predicted octanol–water partition coefficient (Wildman–Crippen LogP) is 3.11. The third kappa shape index (κ3) is 6.22. The third-order valence-corrected chi connectivity index (χ3v) is 3.19. The largest absolute Gasteiger partial charge is 0.482 e. The molecule has 0 aliphatic carbocycles. The van der Waals surface area contributed by atoms with E-state index in [0.717, 1.165) is 12.8 Å². The fourth-order valence-electron chi connectivity index (χ4n) is 2.13. The number of nitrogens with one attached hydrogen (secondary N) is 1. The zero-order chi connectivity index (χ0) is 16.5. The number of ether oxygens (including phenoxy) is 1. The fourth-order valence-corrected chi connectivity index (χ4v) is 2.13. The summed E-state index contributed by atoms with van der Waals surface area (Å²) < 4.78 is 5.08. The minimum atomic E-state index is -1.04. The summed E-state index contributed by atoms with van der Waals surface area (Å²) in [5.74, 6) is -0.703. The number of carbonyl (C=O) groups excluding carboxylic acids is 1. The molecule has 0 radical (unpaired) electrons. The van der Waals surface area contributed by atoms with E-state index < -0.39 is 12.6 Å². The summed E-state index contributed by atoms with van der Waals surface area (Å²) >= 11 is 0. The lowest BCUT2D eigenvalue weighted by Gasteiger charge is -2.08. The lowest BCUT2D eigenvalue weighted by atomic mass is 10.1. The van der Waals surface area contributed by atoms with Crippen molar-refractivity contribution in [3.8, 4) is 5.75 Å². The van der Waals surface area contributed by atoms with Gasteiger partial charge in [-0.3, -0.25) is 4.79 Å². The Morgan fingerprint density at radius 1 is 1.04 bits per heavy atom. The van der Waals surface area contributed by atoms with Crippen molar-refractivity contribution in [2.45, 2.75) is 19.3 Å². The van der Waals surface area contributed by atoms with Crippen LogP contribution in [0.25, 0.3) is 0 Å². The van der Waals surface area contributed by atoms with E-state index >= 15 is 0 Å². The normalized spacial score (nSPS) is 10.1. The van der Waals surface area contributed by atoms with Crippen LogP contribution < -0.4 is 10.1 Å². The molecule has 0 saturated heterocycles. The fraction of sp³-hybridized carbons (Fsp3) is 0.222. The van der Waals surface area contributed by atoms with Crippen molar-refractivity contribution in [3.63, 3.8) is 0 Å². The third-order valence-electron chi connectivity index (χ3n) is 3.19. The van der Waals surface area contributed by atoms with Gasteiger partial charge in [-0.05, 0) is 30.5 Å². The number of hydrogen-bond donors (Lipinski definition) is 2. The molecule has 0 aromatic heterocycles. The predicted molar refractivity (Wildman–Crippen MR) is 87.6 cm³/mol. The molecule has 1 amide bonds. The molecule has 5 nitrogen and oxygen atoms in total. The van der Waals surface area contributed by atoms with E-state index in [-0.39, 0.29) is 5.91 Å². The summed E-state index contributed by atoms with van der Waals surface area (Å²) in [4.78, 5) is 22.4. The number of amides is 1. The van der Waals surface area contributed by atoms with Crippen molar-refractivity contribution in [2.75, 3.05) is 11.9 Å². The van der Waals surface area contributed by atoms with Gasteiger partial charge >= 0.3 is 5.97 Å². The first-order valence-corrected chi connectivity index (χ1v) is 7.42. The highest BCUT2D eigenvalue weighted by Gasteiger charge is 2.05. The zero-order valence-corrected chi connectivity index (χ0v) is 12.7. The molecule has 0 heterocycles. The van der Waals surface area contributed by atoms with Gasteiger partial charge < -0.3 is 15.2 Å². The van der Waals surface area contributed by atoms with E-state index in [2.05, 4.69) is 5.32 Å². The van der Waals surface area contributed by atoms with Gasteiger partial charge in [0.2, 0.25) is 5.91 Å². The van der Waals surface area contributed by atoms with Crippen LogP contribution in [0.1, 0.15) is 18.4 Å². The van der Waals surface area contributed by atoms with Gasteiger partial charge in [-0.15, -0.1) is 0 Å². The molecule has 0 bridgehead atoms. The first-order valence-electron chi connectivity index (χ1n) is 7.42. The maximum Gasteiger partial charge on any atom is 0.341 e. The van der Waals surface area contributed by atoms with Crippen molar-refractivity contribution in [1.29, 1.82) is 0 Å². The monoisotopic (exact) mass is 313 g/mol. The van der Waals surface area contributed by atoms with Crippen LogP contribution in [0.5, 0.6) is 5.75 Å². The first kappa shape index (κ1) is 16.5. The maximum absolute atomic E-state index is 11.9. The zero-order valence-electron chi connectivity index (χ0n) is 12.7. The average Bonchev–Trinajstić information content (AvgIpc) is 2.54. The highest BCUT2D eigenvalue weighted by molar-refractivity contribution is 5.90. The molecule has 0 unspecified atom stereocenters. The number of aliphatic carboxylic acids is 1. The van der Waals surface area contributed by atoms with Gasteiger partial charge in [0.05, 0.1) is 0 Å². The van der Waals surface area contributed by atoms with E-state index in [0.29, 0.717) is 17.9 Å². The van der Waals surface area contributed by atoms with E-state index in [1.165, 1.54) is 5.56 Å². The molecular formula is C18H19NO4. The van der Waals surface area contributed by atoms with E-state index in [1.807, 2.05) is 30.3 Å². The molecule has 0 aliphatic rings. The minimum absolute atomic E-state index is 0.0729. The van der Waals surface area contributed by atoms with Crippen LogP contribution in [0.4, 0.5) is 5.69 Å². The van der Waals surface area contributed by atoms with Crippen LogP contribution >= 0.6 is 0 Å².